The lowest BCUT2D eigenvalue weighted by molar-refractivity contribution is -0.383. The molecular weight excluding hydrogens is 348 g/mol. The fourth-order valence-electron chi connectivity index (χ4n) is 2.14. The molecule has 10 heteroatoms. The van der Waals surface area contributed by atoms with E-state index in [0.717, 1.165) is 5.56 Å². The maximum atomic E-state index is 11.5. The van der Waals surface area contributed by atoms with Gasteiger partial charge in [-0.1, -0.05) is 35.0 Å². The maximum Gasteiger partial charge on any atom is 0.353 e. The molecule has 25 heavy (non-hydrogen) atoms. The van der Waals surface area contributed by atoms with Crippen molar-refractivity contribution in [1.29, 1.82) is 0 Å². The van der Waals surface area contributed by atoms with E-state index in [9.17, 15) is 10.1 Å². The minimum absolute atomic E-state index is 0.00922. The minimum atomic E-state index is -0.565. The molecule has 0 saturated heterocycles. The molecule has 1 aromatic carbocycles. The fraction of sp³-hybridized carbons (Fsp3) is 0.133. The van der Waals surface area contributed by atoms with Crippen molar-refractivity contribution in [3.8, 4) is 0 Å². The lowest BCUT2D eigenvalue weighted by atomic mass is 10.2. The topological polar surface area (TPSA) is 119 Å². The molecule has 128 valence electrons. The molecule has 0 amide bonds. The summed E-state index contributed by atoms with van der Waals surface area (Å²) in [5.74, 6) is 0.963. The quantitative estimate of drug-likeness (QED) is 0.504. The van der Waals surface area contributed by atoms with Gasteiger partial charge in [0, 0.05) is 17.6 Å². The van der Waals surface area contributed by atoms with Crippen molar-refractivity contribution in [1.82, 2.24) is 15.1 Å². The Morgan fingerprint density at radius 3 is 2.72 bits per heavy atom. The van der Waals surface area contributed by atoms with Crippen LogP contribution in [0.3, 0.4) is 0 Å². The van der Waals surface area contributed by atoms with Gasteiger partial charge < -0.3 is 15.2 Å². The number of rotatable bonds is 6. The zero-order chi connectivity index (χ0) is 17.8. The third-order valence-corrected chi connectivity index (χ3v) is 3.65. The van der Waals surface area contributed by atoms with Crippen LogP contribution in [-0.4, -0.2) is 20.0 Å². The highest BCUT2D eigenvalue weighted by atomic mass is 35.5. The first-order valence-electron chi connectivity index (χ1n) is 7.21. The number of aromatic nitrogens is 3. The van der Waals surface area contributed by atoms with Crippen LogP contribution in [0.15, 0.2) is 41.2 Å². The van der Waals surface area contributed by atoms with Gasteiger partial charge in [0.1, 0.15) is 12.1 Å². The van der Waals surface area contributed by atoms with E-state index in [0.29, 0.717) is 16.6 Å². The number of halogens is 1. The molecule has 2 aromatic heterocycles. The normalized spacial score (nSPS) is 10.5. The van der Waals surface area contributed by atoms with E-state index >= 15 is 0 Å². The fourth-order valence-corrected chi connectivity index (χ4v) is 2.34. The number of nitrogens with zero attached hydrogens (tertiary/aromatic N) is 4. The van der Waals surface area contributed by atoms with Crippen LogP contribution in [0.5, 0.6) is 0 Å². The van der Waals surface area contributed by atoms with Gasteiger partial charge in [-0.05, 0) is 18.6 Å². The molecule has 0 aliphatic carbocycles. The molecule has 0 unspecified atom stereocenters. The van der Waals surface area contributed by atoms with Crippen molar-refractivity contribution in [2.75, 3.05) is 10.6 Å². The Balaban J connectivity index is 1.87. The maximum absolute atomic E-state index is 11.5. The van der Waals surface area contributed by atoms with Crippen molar-refractivity contribution in [2.45, 2.75) is 13.5 Å². The number of nitrogens with one attached hydrogen (secondary N) is 2. The SMILES string of the molecule is Cc1cc(Nc2ncnc(NCc3ccccc3Cl)c2[N+](=O)[O-])no1. The minimum Gasteiger partial charge on any atom is -0.360 e. The van der Waals surface area contributed by atoms with Crippen molar-refractivity contribution in [2.24, 2.45) is 0 Å². The summed E-state index contributed by atoms with van der Waals surface area (Å²) in [6.07, 6.45) is 1.22. The van der Waals surface area contributed by atoms with Crippen LogP contribution in [-0.2, 0) is 6.54 Å². The van der Waals surface area contributed by atoms with Crippen LogP contribution >= 0.6 is 11.6 Å². The van der Waals surface area contributed by atoms with Crippen LogP contribution in [0.4, 0.5) is 23.1 Å². The monoisotopic (exact) mass is 360 g/mol. The van der Waals surface area contributed by atoms with Crippen molar-refractivity contribution >= 4 is 34.7 Å². The van der Waals surface area contributed by atoms with Gasteiger partial charge in [-0.25, -0.2) is 9.97 Å². The first kappa shape index (κ1) is 16.7. The van der Waals surface area contributed by atoms with Crippen LogP contribution in [0, 0.1) is 17.0 Å². The van der Waals surface area contributed by atoms with Gasteiger partial charge >= 0.3 is 5.69 Å². The summed E-state index contributed by atoms with van der Waals surface area (Å²) >= 11 is 6.10. The number of benzene rings is 1. The molecule has 0 radical (unpaired) electrons. The average molecular weight is 361 g/mol. The van der Waals surface area contributed by atoms with Gasteiger partial charge in [-0.2, -0.15) is 0 Å². The lowest BCUT2D eigenvalue weighted by Crippen LogP contribution is -2.08. The highest BCUT2D eigenvalue weighted by molar-refractivity contribution is 6.31. The first-order chi connectivity index (χ1) is 12.0. The molecule has 3 rings (SSSR count). The third kappa shape index (κ3) is 3.83. The number of hydrogen-bond acceptors (Lipinski definition) is 8. The number of nitro groups is 1. The molecule has 0 aliphatic rings. The van der Waals surface area contributed by atoms with Crippen LogP contribution < -0.4 is 10.6 Å². The predicted molar refractivity (Wildman–Crippen MR) is 92.0 cm³/mol. The Labute approximate surface area is 147 Å². The lowest BCUT2D eigenvalue weighted by Gasteiger charge is -2.09. The summed E-state index contributed by atoms with van der Waals surface area (Å²) in [7, 11) is 0. The van der Waals surface area contributed by atoms with Crippen LogP contribution in [0.1, 0.15) is 11.3 Å². The van der Waals surface area contributed by atoms with E-state index in [1.807, 2.05) is 12.1 Å². The van der Waals surface area contributed by atoms with Crippen LogP contribution in [0.25, 0.3) is 0 Å². The Bertz CT molecular complexity index is 914. The summed E-state index contributed by atoms with van der Waals surface area (Å²) in [6.45, 7) is 1.99. The third-order valence-electron chi connectivity index (χ3n) is 3.28. The Morgan fingerprint density at radius 2 is 2.04 bits per heavy atom. The van der Waals surface area contributed by atoms with Crippen molar-refractivity contribution < 1.29 is 9.45 Å². The zero-order valence-electron chi connectivity index (χ0n) is 13.1. The number of aryl methyl sites for hydroxylation is 1. The standard InChI is InChI=1S/C15H13ClN6O3/c1-9-6-12(21-25-9)20-15-13(22(23)24)14(18-8-19-15)17-7-10-4-2-3-5-11(10)16/h2-6,8H,7H2,1H3,(H2,17,18,19,20,21). The smallest absolute Gasteiger partial charge is 0.353 e. The summed E-state index contributed by atoms with van der Waals surface area (Å²) in [4.78, 5) is 18.8. The molecule has 0 bridgehead atoms. The van der Waals surface area contributed by atoms with E-state index in [1.165, 1.54) is 6.33 Å². The Hall–Kier alpha value is -3.20. The molecule has 0 aliphatic heterocycles. The second-order valence-electron chi connectivity index (χ2n) is 5.07. The molecular formula is C15H13ClN6O3. The van der Waals surface area contributed by atoms with E-state index in [-0.39, 0.29) is 23.9 Å². The van der Waals surface area contributed by atoms with Crippen LogP contribution in [0.2, 0.25) is 5.02 Å². The van der Waals surface area contributed by atoms with Crippen molar-refractivity contribution in [3.63, 3.8) is 0 Å². The van der Waals surface area contributed by atoms with E-state index in [2.05, 4.69) is 25.8 Å². The first-order valence-corrected chi connectivity index (χ1v) is 7.59. The molecule has 0 saturated carbocycles. The second kappa shape index (κ2) is 7.14. The van der Waals surface area contributed by atoms with Gasteiger partial charge in [0.25, 0.3) is 0 Å². The molecule has 2 heterocycles. The van der Waals surface area contributed by atoms with Gasteiger partial charge in [0.05, 0.1) is 4.92 Å². The molecule has 0 atom stereocenters. The van der Waals surface area contributed by atoms with Crippen molar-refractivity contribution in [3.05, 3.63) is 63.1 Å². The molecule has 2 N–H and O–H groups in total. The van der Waals surface area contributed by atoms with E-state index < -0.39 is 4.92 Å². The second-order valence-corrected chi connectivity index (χ2v) is 5.48. The Kier molecular flexibility index (Phi) is 4.75. The summed E-state index contributed by atoms with van der Waals surface area (Å²) in [6, 6.07) is 8.80. The zero-order valence-corrected chi connectivity index (χ0v) is 13.8. The molecule has 9 nitrogen and oxygen atoms in total. The van der Waals surface area contributed by atoms with Gasteiger partial charge in [0.15, 0.2) is 5.82 Å². The largest absolute Gasteiger partial charge is 0.360 e. The molecule has 0 spiro atoms. The van der Waals surface area contributed by atoms with Gasteiger partial charge in [-0.15, -0.1) is 0 Å². The van der Waals surface area contributed by atoms with Gasteiger partial charge in [-0.3, -0.25) is 10.1 Å². The predicted octanol–water partition coefficient (Wildman–Crippen LogP) is 3.69. The summed E-state index contributed by atoms with van der Waals surface area (Å²) < 4.78 is 4.93. The molecule has 0 fully saturated rings. The summed E-state index contributed by atoms with van der Waals surface area (Å²) in [5, 5.41) is 21.5. The van der Waals surface area contributed by atoms with E-state index in [4.69, 9.17) is 16.1 Å². The average Bonchev–Trinajstić information content (AvgIpc) is 2.99. The highest BCUT2D eigenvalue weighted by Gasteiger charge is 2.23. The highest BCUT2D eigenvalue weighted by Crippen LogP contribution is 2.31. The number of hydrogen-bond donors (Lipinski definition) is 2. The molecule has 3 aromatic rings. The van der Waals surface area contributed by atoms with E-state index in [1.54, 1.807) is 25.1 Å². The Morgan fingerprint density at radius 1 is 1.28 bits per heavy atom. The number of anilines is 3. The summed E-state index contributed by atoms with van der Waals surface area (Å²) in [5.41, 5.74) is 0.494. The van der Waals surface area contributed by atoms with Gasteiger partial charge in [0.2, 0.25) is 11.6 Å².